The van der Waals surface area contributed by atoms with Crippen molar-refractivity contribution in [3.8, 4) is 0 Å². The van der Waals surface area contributed by atoms with E-state index in [0.29, 0.717) is 11.7 Å². The molecule has 19 heavy (non-hydrogen) atoms. The van der Waals surface area contributed by atoms with Gasteiger partial charge in [0.15, 0.2) is 0 Å². The predicted octanol–water partition coefficient (Wildman–Crippen LogP) is 2.25. The normalized spacial score (nSPS) is 23.1. The maximum absolute atomic E-state index is 11.1. The van der Waals surface area contributed by atoms with Crippen molar-refractivity contribution in [3.05, 3.63) is 23.3 Å². The molecule has 2 rings (SSSR count). The summed E-state index contributed by atoms with van der Waals surface area (Å²) in [6, 6.07) is 3.81. The van der Waals surface area contributed by atoms with Gasteiger partial charge in [-0.05, 0) is 44.4 Å². The maximum atomic E-state index is 11.1. The van der Waals surface area contributed by atoms with E-state index in [1.54, 1.807) is 6.07 Å². The van der Waals surface area contributed by atoms with Crippen molar-refractivity contribution in [2.45, 2.75) is 38.8 Å². The fraction of sp³-hybridized carbons (Fsp3) is 0.500. The van der Waals surface area contributed by atoms with Gasteiger partial charge in [-0.15, -0.1) is 0 Å². The van der Waals surface area contributed by atoms with Crippen LogP contribution < -0.4 is 11.1 Å². The van der Waals surface area contributed by atoms with Crippen LogP contribution in [0.3, 0.4) is 0 Å². The van der Waals surface area contributed by atoms with Crippen LogP contribution in [0, 0.1) is 6.92 Å². The Labute approximate surface area is 112 Å². The number of carboxylic acids is 1. The fourth-order valence-electron chi connectivity index (χ4n) is 2.42. The van der Waals surface area contributed by atoms with Crippen LogP contribution in [-0.4, -0.2) is 29.8 Å². The van der Waals surface area contributed by atoms with Gasteiger partial charge in [0.1, 0.15) is 0 Å². The Morgan fingerprint density at radius 3 is 2.89 bits per heavy atom. The van der Waals surface area contributed by atoms with Gasteiger partial charge < -0.3 is 20.9 Å². The molecule has 4 N–H and O–H groups in total. The van der Waals surface area contributed by atoms with E-state index in [9.17, 15) is 4.79 Å². The van der Waals surface area contributed by atoms with E-state index in [4.69, 9.17) is 15.6 Å². The van der Waals surface area contributed by atoms with Crippen molar-refractivity contribution in [2.24, 2.45) is 0 Å². The topological polar surface area (TPSA) is 84.6 Å². The first-order valence-electron chi connectivity index (χ1n) is 6.49. The van der Waals surface area contributed by atoms with Crippen LogP contribution in [0.25, 0.3) is 0 Å². The minimum atomic E-state index is -0.996. The second-order valence-electron chi connectivity index (χ2n) is 5.11. The number of hydrogen-bond acceptors (Lipinski definition) is 4. The highest BCUT2D eigenvalue weighted by Crippen LogP contribution is 2.25. The zero-order valence-corrected chi connectivity index (χ0v) is 11.3. The molecule has 0 amide bonds. The molecule has 0 aliphatic carbocycles. The zero-order valence-electron chi connectivity index (χ0n) is 11.3. The molecule has 1 aliphatic rings. The molecule has 0 spiro atoms. The molecule has 1 heterocycles. The molecule has 1 fully saturated rings. The second kappa shape index (κ2) is 5.48. The highest BCUT2D eigenvalue weighted by molar-refractivity contribution is 5.95. The Kier molecular flexibility index (Phi) is 3.95. The quantitative estimate of drug-likeness (QED) is 0.729. The Morgan fingerprint density at radius 1 is 1.53 bits per heavy atom. The molecule has 1 aromatic carbocycles. The minimum Gasteiger partial charge on any atom is -0.478 e. The smallest absolute Gasteiger partial charge is 0.337 e. The van der Waals surface area contributed by atoms with Gasteiger partial charge in [-0.2, -0.15) is 0 Å². The van der Waals surface area contributed by atoms with Crippen molar-refractivity contribution in [3.63, 3.8) is 0 Å². The summed E-state index contributed by atoms with van der Waals surface area (Å²) < 4.78 is 5.50. The number of anilines is 2. The van der Waals surface area contributed by atoms with Crippen molar-refractivity contribution in [1.82, 2.24) is 0 Å². The largest absolute Gasteiger partial charge is 0.478 e. The van der Waals surface area contributed by atoms with Crippen LogP contribution >= 0.6 is 0 Å². The average Bonchev–Trinajstić information content (AvgIpc) is 2.33. The van der Waals surface area contributed by atoms with Crippen molar-refractivity contribution in [2.75, 3.05) is 17.7 Å². The van der Waals surface area contributed by atoms with E-state index in [-0.39, 0.29) is 11.7 Å². The number of hydrogen-bond donors (Lipinski definition) is 3. The number of ether oxygens (including phenoxy) is 1. The summed E-state index contributed by atoms with van der Waals surface area (Å²) in [5.74, 6) is -0.996. The molecular weight excluding hydrogens is 244 g/mol. The Bertz CT molecular complexity index is 488. The molecule has 0 radical (unpaired) electrons. The van der Waals surface area contributed by atoms with E-state index < -0.39 is 5.97 Å². The van der Waals surface area contributed by atoms with E-state index in [1.807, 2.05) is 19.9 Å². The summed E-state index contributed by atoms with van der Waals surface area (Å²) in [5, 5.41) is 12.5. The molecule has 1 saturated heterocycles. The number of aromatic carboxylic acids is 1. The minimum absolute atomic E-state index is 0.155. The summed E-state index contributed by atoms with van der Waals surface area (Å²) in [7, 11) is 0. The number of rotatable bonds is 3. The van der Waals surface area contributed by atoms with Crippen molar-refractivity contribution in [1.29, 1.82) is 0 Å². The van der Waals surface area contributed by atoms with Gasteiger partial charge in [0.2, 0.25) is 0 Å². The molecule has 2 unspecified atom stereocenters. The first-order chi connectivity index (χ1) is 8.97. The molecule has 1 aromatic rings. The Hall–Kier alpha value is -1.75. The molecule has 0 aromatic heterocycles. The second-order valence-corrected chi connectivity index (χ2v) is 5.11. The molecular formula is C14H20N2O3. The lowest BCUT2D eigenvalue weighted by Crippen LogP contribution is -2.32. The summed E-state index contributed by atoms with van der Waals surface area (Å²) in [6.45, 7) is 4.60. The molecule has 0 bridgehead atoms. The van der Waals surface area contributed by atoms with Crippen LogP contribution in [0.4, 0.5) is 11.4 Å². The molecule has 104 valence electrons. The van der Waals surface area contributed by atoms with Gasteiger partial charge in [-0.3, -0.25) is 0 Å². The van der Waals surface area contributed by atoms with E-state index in [2.05, 4.69) is 5.32 Å². The van der Waals surface area contributed by atoms with Crippen LogP contribution in [0.1, 0.15) is 35.7 Å². The average molecular weight is 264 g/mol. The van der Waals surface area contributed by atoms with Crippen LogP contribution in [0.2, 0.25) is 0 Å². The van der Waals surface area contributed by atoms with Gasteiger partial charge in [0.25, 0.3) is 0 Å². The number of nitrogen functional groups attached to an aromatic ring is 1. The first kappa shape index (κ1) is 13.7. The summed E-state index contributed by atoms with van der Waals surface area (Å²) in [6.07, 6.45) is 2.09. The fourth-order valence-corrected chi connectivity index (χ4v) is 2.42. The molecule has 0 saturated carbocycles. The third kappa shape index (κ3) is 3.17. The summed E-state index contributed by atoms with van der Waals surface area (Å²) in [5.41, 5.74) is 7.85. The lowest BCUT2D eigenvalue weighted by molar-refractivity contribution is 0.0232. The highest BCUT2D eigenvalue weighted by atomic mass is 16.5. The van der Waals surface area contributed by atoms with E-state index in [0.717, 1.165) is 30.7 Å². The monoisotopic (exact) mass is 264 g/mol. The standard InChI is InChI=1S/C14H20N2O3/c1-8-5-11(7-12(13(8)15)14(17)18)16-10-3-4-19-9(2)6-10/h5,7,9-10,16H,3-4,6,15H2,1-2H3,(H,17,18). The summed E-state index contributed by atoms with van der Waals surface area (Å²) >= 11 is 0. The number of aryl methyl sites for hydroxylation is 1. The van der Waals surface area contributed by atoms with Gasteiger partial charge in [0, 0.05) is 24.0 Å². The van der Waals surface area contributed by atoms with Gasteiger partial charge >= 0.3 is 5.97 Å². The molecule has 5 heteroatoms. The van der Waals surface area contributed by atoms with Gasteiger partial charge in [-0.1, -0.05) is 0 Å². The van der Waals surface area contributed by atoms with Crippen LogP contribution in [0.15, 0.2) is 12.1 Å². The Morgan fingerprint density at radius 2 is 2.26 bits per heavy atom. The highest BCUT2D eigenvalue weighted by Gasteiger charge is 2.20. The SMILES string of the molecule is Cc1cc(NC2CCOC(C)C2)cc(C(=O)O)c1N. The summed E-state index contributed by atoms with van der Waals surface area (Å²) in [4.78, 5) is 11.1. The lowest BCUT2D eigenvalue weighted by atomic mass is 10.0. The number of benzene rings is 1. The van der Waals surface area contributed by atoms with E-state index >= 15 is 0 Å². The molecule has 2 atom stereocenters. The predicted molar refractivity (Wildman–Crippen MR) is 74.6 cm³/mol. The maximum Gasteiger partial charge on any atom is 0.337 e. The number of nitrogens with two attached hydrogens (primary N) is 1. The van der Waals surface area contributed by atoms with Crippen molar-refractivity contribution < 1.29 is 14.6 Å². The zero-order chi connectivity index (χ0) is 14.0. The van der Waals surface area contributed by atoms with Gasteiger partial charge in [0.05, 0.1) is 11.7 Å². The number of nitrogens with one attached hydrogen (secondary N) is 1. The third-order valence-electron chi connectivity index (χ3n) is 3.47. The Balaban J connectivity index is 2.18. The number of carboxylic acid groups (broad SMARTS) is 1. The molecule has 5 nitrogen and oxygen atoms in total. The van der Waals surface area contributed by atoms with Crippen LogP contribution in [-0.2, 0) is 4.74 Å². The van der Waals surface area contributed by atoms with Crippen molar-refractivity contribution >= 4 is 17.3 Å². The van der Waals surface area contributed by atoms with Gasteiger partial charge in [-0.25, -0.2) is 4.79 Å². The first-order valence-corrected chi connectivity index (χ1v) is 6.49. The molecule has 1 aliphatic heterocycles. The number of carbonyl (C=O) groups is 1. The third-order valence-corrected chi connectivity index (χ3v) is 3.47. The van der Waals surface area contributed by atoms with Crippen LogP contribution in [0.5, 0.6) is 0 Å². The lowest BCUT2D eigenvalue weighted by Gasteiger charge is -2.29. The van der Waals surface area contributed by atoms with E-state index in [1.165, 1.54) is 0 Å².